The molecule has 0 aliphatic rings. The average Bonchev–Trinajstić information content (AvgIpc) is 2.21. The van der Waals surface area contributed by atoms with Crippen LogP contribution >= 0.6 is 11.6 Å². The summed E-state index contributed by atoms with van der Waals surface area (Å²) in [6.45, 7) is 14.2. The maximum Gasteiger partial charge on any atom is 0.145 e. The third kappa shape index (κ3) is 4.68. The molecule has 0 bridgehead atoms. The number of alkyl halides is 1. The molecule has 0 amide bonds. The third-order valence-corrected chi connectivity index (χ3v) is 10.5. The summed E-state index contributed by atoms with van der Waals surface area (Å²) in [6, 6.07) is 0. The van der Waals surface area contributed by atoms with Gasteiger partial charge in [-0.1, -0.05) is 41.5 Å². The maximum absolute atomic E-state index is 5.68. The van der Waals surface area contributed by atoms with Crippen molar-refractivity contribution < 1.29 is 0 Å². The second-order valence-electron chi connectivity index (χ2n) is 5.84. The molecule has 0 rings (SSSR count). The minimum Gasteiger partial charge on any atom is -0.130 e. The molecule has 0 fully saturated rings. The van der Waals surface area contributed by atoms with Crippen molar-refractivity contribution in [1.82, 2.24) is 0 Å². The van der Waals surface area contributed by atoms with E-state index in [9.17, 15) is 0 Å². The number of unbranched alkanes of at least 4 members (excludes halogenated alkanes) is 2. The van der Waals surface area contributed by atoms with E-state index in [1.54, 1.807) is 0 Å². The van der Waals surface area contributed by atoms with Crippen LogP contribution in [-0.4, -0.2) is 14.0 Å². The Balaban J connectivity index is 4.80. The summed E-state index contributed by atoms with van der Waals surface area (Å²) in [6.07, 6.45) is 3.26. The molecule has 0 N–H and O–H groups in total. The van der Waals surface area contributed by atoms with Crippen LogP contribution in [0.25, 0.3) is 0 Å². The van der Waals surface area contributed by atoms with E-state index in [4.69, 9.17) is 11.6 Å². The Labute approximate surface area is 115 Å². The lowest BCUT2D eigenvalue weighted by molar-refractivity contribution is 0.828. The van der Waals surface area contributed by atoms with E-state index < -0.39 is 8.07 Å². The Morgan fingerprint density at radius 3 is 1.71 bits per heavy atom. The Kier molecular flexibility index (Phi) is 8.25. The Bertz CT molecular complexity index is 236. The van der Waals surface area contributed by atoms with Crippen LogP contribution in [0.15, 0.2) is 0 Å². The van der Waals surface area contributed by atoms with E-state index in [-0.39, 0.29) is 0 Å². The molecule has 2 heteroatoms. The highest BCUT2D eigenvalue weighted by Crippen LogP contribution is 2.40. The van der Waals surface area contributed by atoms with Crippen LogP contribution in [0.2, 0.25) is 16.6 Å². The number of hydrogen-bond donors (Lipinski definition) is 0. The molecule has 0 saturated heterocycles. The lowest BCUT2D eigenvalue weighted by Gasteiger charge is -2.38. The first kappa shape index (κ1) is 17.1. The Morgan fingerprint density at radius 2 is 1.35 bits per heavy atom. The van der Waals surface area contributed by atoms with Gasteiger partial charge in [-0.3, -0.25) is 0 Å². The summed E-state index contributed by atoms with van der Waals surface area (Å²) >= 11 is 5.68. The van der Waals surface area contributed by atoms with Gasteiger partial charge in [0.15, 0.2) is 0 Å². The lowest BCUT2D eigenvalue weighted by Crippen LogP contribution is -2.43. The second-order valence-corrected chi connectivity index (χ2v) is 11.8. The minimum atomic E-state index is -1.48. The molecule has 0 radical (unpaired) electrons. The number of hydrogen-bond acceptors (Lipinski definition) is 0. The van der Waals surface area contributed by atoms with E-state index in [0.29, 0.717) is 0 Å². The Hall–Kier alpha value is 0.0669. The Morgan fingerprint density at radius 1 is 0.882 bits per heavy atom. The first-order valence-corrected chi connectivity index (χ1v) is 9.72. The van der Waals surface area contributed by atoms with E-state index in [2.05, 4.69) is 53.0 Å². The highest BCUT2D eigenvalue weighted by Gasteiger charge is 2.41. The van der Waals surface area contributed by atoms with Gasteiger partial charge in [0, 0.05) is 12.3 Å². The largest absolute Gasteiger partial charge is 0.145 e. The molecule has 0 saturated carbocycles. The second kappa shape index (κ2) is 8.22. The van der Waals surface area contributed by atoms with E-state index >= 15 is 0 Å². The standard InChI is InChI=1S/C15H29ClSi/c1-13(2)17(14(3)4,15(5)6)12-10-8-7-9-11-16/h13-15H,7-9,11H2,1-6H3. The summed E-state index contributed by atoms with van der Waals surface area (Å²) in [5.74, 6) is 4.22. The van der Waals surface area contributed by atoms with Crippen molar-refractivity contribution in [2.45, 2.75) is 77.4 Å². The van der Waals surface area contributed by atoms with E-state index in [0.717, 1.165) is 41.8 Å². The topological polar surface area (TPSA) is 0 Å². The quantitative estimate of drug-likeness (QED) is 0.255. The van der Waals surface area contributed by atoms with Gasteiger partial charge < -0.3 is 0 Å². The van der Waals surface area contributed by atoms with E-state index in [1.165, 1.54) is 0 Å². The first-order chi connectivity index (χ1) is 7.89. The van der Waals surface area contributed by atoms with Crippen molar-refractivity contribution in [3.63, 3.8) is 0 Å². The van der Waals surface area contributed by atoms with Crippen molar-refractivity contribution in [3.05, 3.63) is 0 Å². The van der Waals surface area contributed by atoms with Crippen molar-refractivity contribution in [2.24, 2.45) is 0 Å². The van der Waals surface area contributed by atoms with Gasteiger partial charge >= 0.3 is 0 Å². The fraction of sp³-hybridized carbons (Fsp3) is 0.867. The van der Waals surface area contributed by atoms with Crippen LogP contribution in [0.4, 0.5) is 0 Å². The van der Waals surface area contributed by atoms with Crippen LogP contribution in [0, 0.1) is 11.5 Å². The van der Waals surface area contributed by atoms with Crippen LogP contribution in [0.1, 0.15) is 60.8 Å². The molecule has 0 aromatic carbocycles. The summed E-state index contributed by atoms with van der Waals surface area (Å²) in [7, 11) is -1.48. The molecule has 0 atom stereocenters. The van der Waals surface area contributed by atoms with Gasteiger partial charge in [0.05, 0.1) is 0 Å². The summed E-state index contributed by atoms with van der Waals surface area (Å²) in [5.41, 5.74) is 5.95. The first-order valence-electron chi connectivity index (χ1n) is 6.95. The highest BCUT2D eigenvalue weighted by atomic mass is 35.5. The van der Waals surface area contributed by atoms with Gasteiger partial charge in [0.1, 0.15) is 8.07 Å². The highest BCUT2D eigenvalue weighted by molar-refractivity contribution is 6.90. The fourth-order valence-corrected chi connectivity index (χ4v) is 8.44. The molecule has 0 spiro atoms. The molecular weight excluding hydrogens is 244 g/mol. The van der Waals surface area contributed by atoms with Gasteiger partial charge in [0.2, 0.25) is 0 Å². The van der Waals surface area contributed by atoms with Crippen LogP contribution in [-0.2, 0) is 0 Å². The molecular formula is C15H29ClSi. The molecule has 17 heavy (non-hydrogen) atoms. The zero-order valence-electron chi connectivity index (χ0n) is 12.4. The van der Waals surface area contributed by atoms with Crippen LogP contribution in [0.3, 0.4) is 0 Å². The zero-order valence-corrected chi connectivity index (χ0v) is 14.2. The molecule has 0 aliphatic heterocycles. The molecule has 0 unspecified atom stereocenters. The van der Waals surface area contributed by atoms with Crippen LogP contribution in [0.5, 0.6) is 0 Å². The summed E-state index contributed by atoms with van der Waals surface area (Å²) < 4.78 is 0. The van der Waals surface area contributed by atoms with Gasteiger partial charge in [-0.05, 0) is 29.5 Å². The molecule has 0 aromatic rings. The predicted molar refractivity (Wildman–Crippen MR) is 83.4 cm³/mol. The van der Waals surface area contributed by atoms with Gasteiger partial charge in [0.25, 0.3) is 0 Å². The van der Waals surface area contributed by atoms with Gasteiger partial charge in [-0.25, -0.2) is 0 Å². The SMILES string of the molecule is CC(C)[Si](C#CCCCCCl)(C(C)C)C(C)C. The van der Waals surface area contributed by atoms with Crippen molar-refractivity contribution in [3.8, 4) is 11.5 Å². The zero-order chi connectivity index (χ0) is 13.5. The fourth-order valence-electron chi connectivity index (χ4n) is 2.96. The summed E-state index contributed by atoms with van der Waals surface area (Å²) in [4.78, 5) is 0. The predicted octanol–water partition coefficient (Wildman–Crippen LogP) is 5.62. The van der Waals surface area contributed by atoms with Crippen molar-refractivity contribution in [2.75, 3.05) is 5.88 Å². The third-order valence-electron chi connectivity index (χ3n) is 3.86. The molecule has 100 valence electrons. The molecule has 0 heterocycles. The molecule has 0 aromatic heterocycles. The van der Waals surface area contributed by atoms with Crippen molar-refractivity contribution in [1.29, 1.82) is 0 Å². The monoisotopic (exact) mass is 272 g/mol. The van der Waals surface area contributed by atoms with Crippen molar-refractivity contribution >= 4 is 19.7 Å². The van der Waals surface area contributed by atoms with Gasteiger partial charge in [-0.15, -0.1) is 23.1 Å². The molecule has 0 nitrogen and oxygen atoms in total. The smallest absolute Gasteiger partial charge is 0.130 e. The molecule has 0 aliphatic carbocycles. The van der Waals surface area contributed by atoms with Gasteiger partial charge in [-0.2, -0.15) is 0 Å². The maximum atomic E-state index is 5.68. The average molecular weight is 273 g/mol. The number of halogens is 1. The minimum absolute atomic E-state index is 0.739. The van der Waals surface area contributed by atoms with Crippen LogP contribution < -0.4 is 0 Å². The van der Waals surface area contributed by atoms with E-state index in [1.807, 2.05) is 0 Å². The number of rotatable bonds is 6. The lowest BCUT2D eigenvalue weighted by atomic mass is 10.3. The summed E-state index contributed by atoms with van der Waals surface area (Å²) in [5, 5.41) is 0. The normalized spacial score (nSPS) is 12.1.